The van der Waals surface area contributed by atoms with Gasteiger partial charge in [0.2, 0.25) is 5.43 Å². The molecule has 20 heavy (non-hydrogen) atoms. The summed E-state index contributed by atoms with van der Waals surface area (Å²) in [4.78, 5) is 17.2. The lowest BCUT2D eigenvalue weighted by molar-refractivity contribution is 0.701. The molecule has 0 aliphatic carbocycles. The number of nitrogens with one attached hydrogen (secondary N) is 1. The van der Waals surface area contributed by atoms with Gasteiger partial charge in [0.25, 0.3) is 0 Å². The summed E-state index contributed by atoms with van der Waals surface area (Å²) in [6.45, 7) is 3.51. The zero-order valence-electron chi connectivity index (χ0n) is 11.0. The molecule has 0 atom stereocenters. The van der Waals surface area contributed by atoms with Gasteiger partial charge < -0.3 is 5.32 Å². The topological polar surface area (TPSA) is 59.8 Å². The molecule has 0 saturated heterocycles. The maximum atomic E-state index is 11.8. The SMILES string of the molecule is CCNc1ncc(Cn2ncc(=O)c3ccccc32)s1. The standard InChI is InChI=1S/C14H14N4OS/c1-2-15-14-16-7-10(20-14)9-18-12-6-4-3-5-11(12)13(19)8-17-18/h3-8H,2,9H2,1H3,(H,15,16). The van der Waals surface area contributed by atoms with Crippen molar-refractivity contribution in [1.82, 2.24) is 14.8 Å². The molecule has 0 aliphatic heterocycles. The second-order valence-electron chi connectivity index (χ2n) is 4.35. The smallest absolute Gasteiger partial charge is 0.207 e. The van der Waals surface area contributed by atoms with Crippen LogP contribution in [-0.4, -0.2) is 21.3 Å². The van der Waals surface area contributed by atoms with E-state index in [-0.39, 0.29) is 5.43 Å². The van der Waals surface area contributed by atoms with Crippen molar-refractivity contribution in [2.75, 3.05) is 11.9 Å². The summed E-state index contributed by atoms with van der Waals surface area (Å²) in [5.74, 6) is 0. The van der Waals surface area contributed by atoms with Crippen LogP contribution < -0.4 is 10.7 Å². The van der Waals surface area contributed by atoms with Crippen molar-refractivity contribution in [3.63, 3.8) is 0 Å². The monoisotopic (exact) mass is 286 g/mol. The largest absolute Gasteiger partial charge is 0.362 e. The molecular weight excluding hydrogens is 272 g/mol. The average Bonchev–Trinajstić information content (AvgIpc) is 2.90. The Bertz CT molecular complexity index is 793. The highest BCUT2D eigenvalue weighted by Crippen LogP contribution is 2.19. The first-order valence-corrected chi connectivity index (χ1v) is 7.23. The van der Waals surface area contributed by atoms with E-state index < -0.39 is 0 Å². The summed E-state index contributed by atoms with van der Waals surface area (Å²) in [7, 11) is 0. The normalized spacial score (nSPS) is 10.8. The first-order valence-electron chi connectivity index (χ1n) is 6.41. The minimum Gasteiger partial charge on any atom is -0.362 e. The fourth-order valence-corrected chi connectivity index (χ4v) is 2.91. The van der Waals surface area contributed by atoms with Crippen molar-refractivity contribution in [2.24, 2.45) is 0 Å². The summed E-state index contributed by atoms with van der Waals surface area (Å²) in [6, 6.07) is 7.52. The summed E-state index contributed by atoms with van der Waals surface area (Å²) >= 11 is 1.60. The molecule has 6 heteroatoms. The van der Waals surface area contributed by atoms with Crippen molar-refractivity contribution in [2.45, 2.75) is 13.5 Å². The van der Waals surface area contributed by atoms with Gasteiger partial charge in [-0.15, -0.1) is 11.3 Å². The van der Waals surface area contributed by atoms with Crippen LogP contribution in [0.15, 0.2) is 41.5 Å². The molecule has 102 valence electrons. The Kier molecular flexibility index (Phi) is 3.47. The fraction of sp³-hybridized carbons (Fsp3) is 0.214. The number of thiazole rings is 1. The summed E-state index contributed by atoms with van der Waals surface area (Å²) in [5, 5.41) is 9.01. The van der Waals surface area contributed by atoms with E-state index in [4.69, 9.17) is 0 Å². The van der Waals surface area contributed by atoms with Crippen LogP contribution in [-0.2, 0) is 6.54 Å². The second kappa shape index (κ2) is 5.42. The molecule has 0 unspecified atom stereocenters. The number of anilines is 1. The maximum absolute atomic E-state index is 11.8. The van der Waals surface area contributed by atoms with E-state index in [0.717, 1.165) is 22.1 Å². The molecule has 3 aromatic rings. The van der Waals surface area contributed by atoms with Crippen LogP contribution in [0, 0.1) is 0 Å². The number of benzene rings is 1. The number of hydrogen-bond donors (Lipinski definition) is 1. The van der Waals surface area contributed by atoms with E-state index >= 15 is 0 Å². The second-order valence-corrected chi connectivity index (χ2v) is 5.46. The highest BCUT2D eigenvalue weighted by Gasteiger charge is 2.06. The molecule has 0 aliphatic rings. The molecule has 2 aromatic heterocycles. The van der Waals surface area contributed by atoms with Gasteiger partial charge in [-0.1, -0.05) is 12.1 Å². The number of nitrogens with zero attached hydrogens (tertiary/aromatic N) is 3. The third kappa shape index (κ3) is 2.42. The molecule has 0 amide bonds. The minimum absolute atomic E-state index is 0.0468. The van der Waals surface area contributed by atoms with Crippen molar-refractivity contribution in [3.05, 3.63) is 51.8 Å². The number of rotatable bonds is 4. The first kappa shape index (κ1) is 12.8. The van der Waals surface area contributed by atoms with Gasteiger partial charge in [-0.2, -0.15) is 5.10 Å². The lowest BCUT2D eigenvalue weighted by Crippen LogP contribution is -2.12. The predicted molar refractivity (Wildman–Crippen MR) is 81.4 cm³/mol. The molecule has 0 saturated carbocycles. The van der Waals surface area contributed by atoms with E-state index in [1.54, 1.807) is 11.3 Å². The lowest BCUT2D eigenvalue weighted by Gasteiger charge is -2.07. The molecule has 0 spiro atoms. The maximum Gasteiger partial charge on any atom is 0.207 e. The van der Waals surface area contributed by atoms with Crippen LogP contribution in [0.1, 0.15) is 11.8 Å². The van der Waals surface area contributed by atoms with Crippen LogP contribution in [0.5, 0.6) is 0 Å². The fourth-order valence-electron chi connectivity index (χ4n) is 2.05. The number of hydrogen-bond acceptors (Lipinski definition) is 5. The summed E-state index contributed by atoms with van der Waals surface area (Å²) < 4.78 is 1.83. The van der Waals surface area contributed by atoms with Crippen molar-refractivity contribution < 1.29 is 0 Å². The molecule has 1 N–H and O–H groups in total. The zero-order valence-corrected chi connectivity index (χ0v) is 11.9. The van der Waals surface area contributed by atoms with Crippen molar-refractivity contribution >= 4 is 27.4 Å². The van der Waals surface area contributed by atoms with Gasteiger partial charge >= 0.3 is 0 Å². The van der Waals surface area contributed by atoms with Gasteiger partial charge in [0, 0.05) is 23.0 Å². The predicted octanol–water partition coefficient (Wildman–Crippen LogP) is 2.33. The van der Waals surface area contributed by atoms with Crippen LogP contribution in [0.25, 0.3) is 10.9 Å². The average molecular weight is 286 g/mol. The van der Waals surface area contributed by atoms with Crippen molar-refractivity contribution in [3.8, 4) is 0 Å². The van der Waals surface area contributed by atoms with E-state index in [2.05, 4.69) is 15.4 Å². The summed E-state index contributed by atoms with van der Waals surface area (Å²) in [6.07, 6.45) is 3.21. The molecule has 0 bridgehead atoms. The van der Waals surface area contributed by atoms with Crippen LogP contribution in [0.4, 0.5) is 5.13 Å². The van der Waals surface area contributed by atoms with Gasteiger partial charge in [0.05, 0.1) is 18.3 Å². The van der Waals surface area contributed by atoms with Crippen LogP contribution >= 0.6 is 11.3 Å². The van der Waals surface area contributed by atoms with Gasteiger partial charge in [0.1, 0.15) is 0 Å². The minimum atomic E-state index is -0.0468. The Morgan fingerprint density at radius 2 is 2.15 bits per heavy atom. The molecule has 1 aromatic carbocycles. The molecule has 0 radical (unpaired) electrons. The van der Waals surface area contributed by atoms with E-state index in [1.807, 2.05) is 42.1 Å². The summed E-state index contributed by atoms with van der Waals surface area (Å²) in [5.41, 5.74) is 0.799. The molecule has 2 heterocycles. The van der Waals surface area contributed by atoms with Gasteiger partial charge in [-0.3, -0.25) is 9.48 Å². The molecular formula is C14H14N4OS. The number of aromatic nitrogens is 3. The van der Waals surface area contributed by atoms with E-state index in [1.165, 1.54) is 6.20 Å². The molecule has 3 rings (SSSR count). The Labute approximate surface area is 119 Å². The van der Waals surface area contributed by atoms with E-state index in [0.29, 0.717) is 11.9 Å². The quantitative estimate of drug-likeness (QED) is 0.799. The lowest BCUT2D eigenvalue weighted by atomic mass is 10.2. The Morgan fingerprint density at radius 1 is 1.30 bits per heavy atom. The highest BCUT2D eigenvalue weighted by molar-refractivity contribution is 7.15. The van der Waals surface area contributed by atoms with Gasteiger partial charge in [0.15, 0.2) is 5.13 Å². The Hall–Kier alpha value is -2.21. The first-order chi connectivity index (χ1) is 9.78. The third-order valence-corrected chi connectivity index (χ3v) is 3.89. The van der Waals surface area contributed by atoms with Gasteiger partial charge in [-0.05, 0) is 19.1 Å². The Morgan fingerprint density at radius 3 is 3.00 bits per heavy atom. The number of para-hydroxylation sites is 1. The van der Waals surface area contributed by atoms with Crippen molar-refractivity contribution in [1.29, 1.82) is 0 Å². The van der Waals surface area contributed by atoms with Crippen LogP contribution in [0.2, 0.25) is 0 Å². The van der Waals surface area contributed by atoms with Gasteiger partial charge in [-0.25, -0.2) is 4.98 Å². The molecule has 5 nitrogen and oxygen atoms in total. The van der Waals surface area contributed by atoms with E-state index in [9.17, 15) is 4.79 Å². The highest BCUT2D eigenvalue weighted by atomic mass is 32.1. The molecule has 0 fully saturated rings. The number of fused-ring (bicyclic) bond motifs is 1. The van der Waals surface area contributed by atoms with Crippen LogP contribution in [0.3, 0.4) is 0 Å². The Balaban J connectivity index is 1.98. The zero-order chi connectivity index (χ0) is 13.9. The third-order valence-electron chi connectivity index (χ3n) is 2.95.